The van der Waals surface area contributed by atoms with Crippen molar-refractivity contribution in [3.05, 3.63) is 59.7 Å². The summed E-state index contributed by atoms with van der Waals surface area (Å²) in [4.78, 5) is 2.45. The number of hydrogen-bond acceptors (Lipinski definition) is 2. The maximum absolute atomic E-state index is 5.87. The number of rotatable bonds is 4. The van der Waals surface area contributed by atoms with Gasteiger partial charge in [0, 0.05) is 11.7 Å². The predicted molar refractivity (Wildman–Crippen MR) is 83.6 cm³/mol. The van der Waals surface area contributed by atoms with E-state index in [1.54, 1.807) is 0 Å². The van der Waals surface area contributed by atoms with Crippen LogP contribution in [0.1, 0.15) is 18.1 Å². The van der Waals surface area contributed by atoms with E-state index in [9.17, 15) is 0 Å². The van der Waals surface area contributed by atoms with Gasteiger partial charge >= 0.3 is 0 Å². The third kappa shape index (κ3) is 2.64. The number of benzene rings is 2. The molecule has 2 aromatic rings. The molecule has 1 atom stereocenters. The maximum atomic E-state index is 5.87. The summed E-state index contributed by atoms with van der Waals surface area (Å²) in [7, 11) is 0. The Kier molecular flexibility index (Phi) is 3.64. The fourth-order valence-electron chi connectivity index (χ4n) is 2.94. The Morgan fingerprint density at radius 2 is 2.00 bits per heavy atom. The van der Waals surface area contributed by atoms with E-state index in [1.807, 2.05) is 12.1 Å². The minimum atomic E-state index is 0.563. The van der Waals surface area contributed by atoms with E-state index in [1.165, 1.54) is 16.8 Å². The SMILES string of the molecule is Cc1cccc(OCCN2c3ccccc3CC2C)c1. The van der Waals surface area contributed by atoms with Crippen molar-refractivity contribution in [2.24, 2.45) is 0 Å². The van der Waals surface area contributed by atoms with Crippen molar-refractivity contribution in [3.8, 4) is 5.75 Å². The summed E-state index contributed by atoms with van der Waals surface area (Å²) in [6, 6.07) is 17.5. The van der Waals surface area contributed by atoms with Crippen LogP contribution in [0.4, 0.5) is 5.69 Å². The van der Waals surface area contributed by atoms with Gasteiger partial charge in [0.05, 0.1) is 6.54 Å². The van der Waals surface area contributed by atoms with Gasteiger partial charge in [-0.15, -0.1) is 0 Å². The molecule has 0 N–H and O–H groups in total. The van der Waals surface area contributed by atoms with Crippen LogP contribution < -0.4 is 9.64 Å². The summed E-state index contributed by atoms with van der Waals surface area (Å²) in [6.07, 6.45) is 1.14. The van der Waals surface area contributed by atoms with Crippen LogP contribution in [0, 0.1) is 6.92 Å². The van der Waals surface area contributed by atoms with Crippen molar-refractivity contribution in [3.63, 3.8) is 0 Å². The van der Waals surface area contributed by atoms with E-state index in [2.05, 4.69) is 55.1 Å². The monoisotopic (exact) mass is 267 g/mol. The molecule has 20 heavy (non-hydrogen) atoms. The molecule has 2 nitrogen and oxygen atoms in total. The zero-order chi connectivity index (χ0) is 13.9. The molecule has 3 rings (SSSR count). The van der Waals surface area contributed by atoms with E-state index < -0.39 is 0 Å². The van der Waals surface area contributed by atoms with Crippen molar-refractivity contribution in [2.45, 2.75) is 26.3 Å². The molecule has 0 aromatic heterocycles. The third-order valence-electron chi connectivity index (χ3n) is 3.94. The first-order valence-electron chi connectivity index (χ1n) is 7.28. The topological polar surface area (TPSA) is 12.5 Å². The van der Waals surface area contributed by atoms with Crippen LogP contribution in [-0.4, -0.2) is 19.2 Å². The van der Waals surface area contributed by atoms with Gasteiger partial charge in [-0.3, -0.25) is 0 Å². The lowest BCUT2D eigenvalue weighted by Gasteiger charge is -2.24. The Labute approximate surface area is 121 Å². The lowest BCUT2D eigenvalue weighted by molar-refractivity contribution is 0.321. The number of fused-ring (bicyclic) bond motifs is 1. The first kappa shape index (κ1) is 13.0. The first-order valence-corrected chi connectivity index (χ1v) is 7.28. The molecule has 1 heterocycles. The fourth-order valence-corrected chi connectivity index (χ4v) is 2.94. The average Bonchev–Trinajstić information content (AvgIpc) is 2.75. The number of ether oxygens (including phenoxy) is 1. The van der Waals surface area contributed by atoms with E-state index >= 15 is 0 Å². The van der Waals surface area contributed by atoms with Crippen molar-refractivity contribution in [1.82, 2.24) is 0 Å². The van der Waals surface area contributed by atoms with Crippen molar-refractivity contribution < 1.29 is 4.74 Å². The van der Waals surface area contributed by atoms with Gasteiger partial charge in [0.1, 0.15) is 12.4 Å². The summed E-state index contributed by atoms with van der Waals surface area (Å²) >= 11 is 0. The highest BCUT2D eigenvalue weighted by atomic mass is 16.5. The van der Waals surface area contributed by atoms with Gasteiger partial charge in [-0.2, -0.15) is 0 Å². The van der Waals surface area contributed by atoms with Crippen LogP contribution >= 0.6 is 0 Å². The smallest absolute Gasteiger partial charge is 0.119 e. The molecule has 0 saturated heterocycles. The highest BCUT2D eigenvalue weighted by Gasteiger charge is 2.24. The van der Waals surface area contributed by atoms with Crippen LogP contribution in [0.2, 0.25) is 0 Å². The minimum Gasteiger partial charge on any atom is -0.492 e. The Balaban J connectivity index is 1.62. The number of anilines is 1. The molecule has 0 amide bonds. The van der Waals surface area contributed by atoms with Crippen LogP contribution in [0.15, 0.2) is 48.5 Å². The van der Waals surface area contributed by atoms with Gasteiger partial charge in [0.15, 0.2) is 0 Å². The summed E-state index contributed by atoms with van der Waals surface area (Å²) in [6.45, 7) is 6.03. The summed E-state index contributed by atoms with van der Waals surface area (Å²) in [5.74, 6) is 0.963. The highest BCUT2D eigenvalue weighted by Crippen LogP contribution is 2.31. The molecule has 1 aliphatic rings. The molecule has 1 unspecified atom stereocenters. The normalized spacial score (nSPS) is 17.1. The van der Waals surface area contributed by atoms with Crippen molar-refractivity contribution >= 4 is 5.69 Å². The second-order valence-corrected chi connectivity index (χ2v) is 5.54. The van der Waals surface area contributed by atoms with Gasteiger partial charge in [-0.25, -0.2) is 0 Å². The second-order valence-electron chi connectivity index (χ2n) is 5.54. The quantitative estimate of drug-likeness (QED) is 0.835. The molecule has 0 saturated carbocycles. The van der Waals surface area contributed by atoms with E-state index in [0.717, 1.165) is 25.3 Å². The Hall–Kier alpha value is -1.96. The molecule has 2 aromatic carbocycles. The molecular formula is C18H21NO. The molecular weight excluding hydrogens is 246 g/mol. The van der Waals surface area contributed by atoms with Crippen LogP contribution in [0.3, 0.4) is 0 Å². The largest absolute Gasteiger partial charge is 0.492 e. The lowest BCUT2D eigenvalue weighted by Crippen LogP contribution is -2.33. The molecule has 0 fully saturated rings. The van der Waals surface area contributed by atoms with Crippen LogP contribution in [-0.2, 0) is 6.42 Å². The minimum absolute atomic E-state index is 0.563. The van der Waals surface area contributed by atoms with E-state index in [0.29, 0.717) is 6.04 Å². The summed E-state index contributed by atoms with van der Waals surface area (Å²) in [5.41, 5.74) is 4.06. The van der Waals surface area contributed by atoms with Gasteiger partial charge in [-0.05, 0) is 49.6 Å². The Morgan fingerprint density at radius 3 is 2.85 bits per heavy atom. The Morgan fingerprint density at radius 1 is 1.15 bits per heavy atom. The number of aryl methyl sites for hydroxylation is 1. The third-order valence-corrected chi connectivity index (χ3v) is 3.94. The van der Waals surface area contributed by atoms with Crippen molar-refractivity contribution in [1.29, 1.82) is 0 Å². The number of hydrogen-bond donors (Lipinski definition) is 0. The van der Waals surface area contributed by atoms with E-state index in [-0.39, 0.29) is 0 Å². The molecule has 0 spiro atoms. The summed E-state index contributed by atoms with van der Waals surface area (Å²) in [5, 5.41) is 0. The van der Waals surface area contributed by atoms with Gasteiger partial charge < -0.3 is 9.64 Å². The molecule has 0 bridgehead atoms. The maximum Gasteiger partial charge on any atom is 0.119 e. The van der Waals surface area contributed by atoms with Gasteiger partial charge in [0.25, 0.3) is 0 Å². The molecule has 1 aliphatic heterocycles. The average molecular weight is 267 g/mol. The van der Waals surface area contributed by atoms with Crippen molar-refractivity contribution in [2.75, 3.05) is 18.1 Å². The van der Waals surface area contributed by atoms with Gasteiger partial charge in [-0.1, -0.05) is 30.3 Å². The standard InChI is InChI=1S/C18H21NO/c1-14-6-5-8-17(12-14)20-11-10-19-15(2)13-16-7-3-4-9-18(16)19/h3-9,12,15H,10-11,13H2,1-2H3. The van der Waals surface area contributed by atoms with Crippen LogP contribution in [0.25, 0.3) is 0 Å². The zero-order valence-corrected chi connectivity index (χ0v) is 12.2. The first-order chi connectivity index (χ1) is 9.74. The zero-order valence-electron chi connectivity index (χ0n) is 12.2. The lowest BCUT2D eigenvalue weighted by atomic mass is 10.1. The second kappa shape index (κ2) is 5.58. The van der Waals surface area contributed by atoms with E-state index in [4.69, 9.17) is 4.74 Å². The Bertz CT molecular complexity index is 593. The van der Waals surface area contributed by atoms with Gasteiger partial charge in [0.2, 0.25) is 0 Å². The predicted octanol–water partition coefficient (Wildman–Crippen LogP) is 3.83. The highest BCUT2D eigenvalue weighted by molar-refractivity contribution is 5.59. The summed E-state index contributed by atoms with van der Waals surface area (Å²) < 4.78 is 5.87. The number of para-hydroxylation sites is 1. The molecule has 0 aliphatic carbocycles. The molecule has 2 heteroatoms. The number of nitrogens with zero attached hydrogens (tertiary/aromatic N) is 1. The molecule has 104 valence electrons. The van der Waals surface area contributed by atoms with Crippen LogP contribution in [0.5, 0.6) is 5.75 Å². The fraction of sp³-hybridized carbons (Fsp3) is 0.333. The molecule has 0 radical (unpaired) electrons.